The SMILES string of the molecule is CCCOc1ccc(/C=C2\N=C(c3ccccc3Cl)OC2=O)cc1OCC. The number of rotatable bonds is 7. The van der Waals surface area contributed by atoms with Crippen molar-refractivity contribution in [3.8, 4) is 11.5 Å². The molecule has 5 nitrogen and oxygen atoms in total. The van der Waals surface area contributed by atoms with Crippen LogP contribution in [0.2, 0.25) is 5.02 Å². The highest BCUT2D eigenvalue weighted by Gasteiger charge is 2.25. The molecule has 0 aliphatic carbocycles. The molecule has 0 atom stereocenters. The topological polar surface area (TPSA) is 57.1 Å². The van der Waals surface area contributed by atoms with Crippen molar-refractivity contribution in [3.05, 3.63) is 64.3 Å². The molecular weight excluding hydrogens is 366 g/mol. The van der Waals surface area contributed by atoms with Gasteiger partial charge >= 0.3 is 5.97 Å². The Morgan fingerprint density at radius 1 is 1.11 bits per heavy atom. The molecule has 140 valence electrons. The van der Waals surface area contributed by atoms with Crippen LogP contribution >= 0.6 is 11.6 Å². The lowest BCUT2D eigenvalue weighted by atomic mass is 10.1. The van der Waals surface area contributed by atoms with Crippen LogP contribution in [0.3, 0.4) is 0 Å². The van der Waals surface area contributed by atoms with Crippen LogP contribution in [0.25, 0.3) is 6.08 Å². The molecule has 0 saturated heterocycles. The van der Waals surface area contributed by atoms with Gasteiger partial charge in [-0.1, -0.05) is 36.7 Å². The Kier molecular flexibility index (Phi) is 6.14. The van der Waals surface area contributed by atoms with Gasteiger partial charge < -0.3 is 14.2 Å². The zero-order chi connectivity index (χ0) is 19.2. The molecule has 0 aromatic heterocycles. The van der Waals surface area contributed by atoms with E-state index in [0.29, 0.717) is 35.3 Å². The summed E-state index contributed by atoms with van der Waals surface area (Å²) in [5.41, 5.74) is 1.54. The van der Waals surface area contributed by atoms with Gasteiger partial charge in [-0.15, -0.1) is 0 Å². The second-order valence-corrected chi connectivity index (χ2v) is 6.21. The average Bonchev–Trinajstić information content (AvgIpc) is 3.02. The summed E-state index contributed by atoms with van der Waals surface area (Å²) in [6.07, 6.45) is 2.56. The number of benzene rings is 2. The summed E-state index contributed by atoms with van der Waals surface area (Å²) >= 11 is 6.15. The number of aliphatic imine (C=N–C) groups is 1. The van der Waals surface area contributed by atoms with Crippen LogP contribution in [0.15, 0.2) is 53.2 Å². The van der Waals surface area contributed by atoms with Crippen LogP contribution in [0.5, 0.6) is 11.5 Å². The fraction of sp³-hybridized carbons (Fsp3) is 0.238. The smallest absolute Gasteiger partial charge is 0.363 e. The molecule has 1 heterocycles. The quantitative estimate of drug-likeness (QED) is 0.504. The van der Waals surface area contributed by atoms with E-state index in [9.17, 15) is 4.79 Å². The minimum absolute atomic E-state index is 0.199. The van der Waals surface area contributed by atoms with Crippen LogP contribution in [0, 0.1) is 0 Å². The summed E-state index contributed by atoms with van der Waals surface area (Å²) in [4.78, 5) is 16.5. The van der Waals surface area contributed by atoms with E-state index in [0.717, 1.165) is 12.0 Å². The van der Waals surface area contributed by atoms with E-state index in [4.69, 9.17) is 25.8 Å². The van der Waals surface area contributed by atoms with Crippen molar-refractivity contribution in [2.45, 2.75) is 20.3 Å². The molecule has 0 radical (unpaired) electrons. The van der Waals surface area contributed by atoms with Gasteiger partial charge in [-0.25, -0.2) is 9.79 Å². The molecule has 2 aromatic rings. The van der Waals surface area contributed by atoms with Gasteiger partial charge in [0, 0.05) is 0 Å². The molecule has 0 amide bonds. The van der Waals surface area contributed by atoms with Crippen LogP contribution in [0.4, 0.5) is 0 Å². The van der Waals surface area contributed by atoms with Gasteiger partial charge in [0.05, 0.1) is 23.8 Å². The Morgan fingerprint density at radius 3 is 2.67 bits per heavy atom. The average molecular weight is 386 g/mol. The summed E-state index contributed by atoms with van der Waals surface area (Å²) in [6, 6.07) is 12.6. The van der Waals surface area contributed by atoms with Gasteiger partial charge in [0.25, 0.3) is 0 Å². The maximum Gasteiger partial charge on any atom is 0.363 e. The highest BCUT2D eigenvalue weighted by atomic mass is 35.5. The predicted molar refractivity (Wildman–Crippen MR) is 105 cm³/mol. The first kappa shape index (κ1) is 19.0. The third-order valence-corrected chi connectivity index (χ3v) is 4.09. The van der Waals surface area contributed by atoms with E-state index in [2.05, 4.69) is 4.99 Å². The van der Waals surface area contributed by atoms with Gasteiger partial charge in [-0.2, -0.15) is 0 Å². The van der Waals surface area contributed by atoms with E-state index < -0.39 is 5.97 Å². The number of cyclic esters (lactones) is 1. The molecule has 6 heteroatoms. The van der Waals surface area contributed by atoms with E-state index in [1.807, 2.05) is 38.1 Å². The van der Waals surface area contributed by atoms with E-state index in [-0.39, 0.29) is 11.6 Å². The van der Waals surface area contributed by atoms with Gasteiger partial charge in [-0.3, -0.25) is 0 Å². The van der Waals surface area contributed by atoms with Crippen molar-refractivity contribution in [1.82, 2.24) is 0 Å². The van der Waals surface area contributed by atoms with Crippen molar-refractivity contribution in [2.75, 3.05) is 13.2 Å². The predicted octanol–water partition coefficient (Wildman–Crippen LogP) is 4.87. The Morgan fingerprint density at radius 2 is 1.93 bits per heavy atom. The lowest BCUT2D eigenvalue weighted by Gasteiger charge is -2.12. The highest BCUT2D eigenvalue weighted by Crippen LogP contribution is 2.30. The molecule has 0 fully saturated rings. The molecule has 1 aliphatic rings. The minimum Gasteiger partial charge on any atom is -0.490 e. The fourth-order valence-corrected chi connectivity index (χ4v) is 2.75. The Balaban J connectivity index is 1.90. The van der Waals surface area contributed by atoms with Crippen LogP contribution in [0.1, 0.15) is 31.4 Å². The molecule has 3 rings (SSSR count). The van der Waals surface area contributed by atoms with E-state index in [1.54, 1.807) is 24.3 Å². The number of esters is 1. The van der Waals surface area contributed by atoms with E-state index in [1.165, 1.54) is 0 Å². The van der Waals surface area contributed by atoms with Gasteiger partial charge in [-0.05, 0) is 49.2 Å². The maximum absolute atomic E-state index is 12.2. The van der Waals surface area contributed by atoms with Crippen molar-refractivity contribution in [3.63, 3.8) is 0 Å². The fourth-order valence-electron chi connectivity index (χ4n) is 2.53. The van der Waals surface area contributed by atoms with Gasteiger partial charge in [0.2, 0.25) is 5.90 Å². The normalized spacial score (nSPS) is 14.9. The standard InChI is InChI=1S/C21H20ClNO4/c1-3-11-26-18-10-9-14(13-19(18)25-4-2)12-17-21(24)27-20(23-17)15-7-5-6-8-16(15)22/h5-10,12-13H,3-4,11H2,1-2H3/b17-12-. The summed E-state index contributed by atoms with van der Waals surface area (Å²) in [5, 5.41) is 0.473. The molecule has 0 N–H and O–H groups in total. The third-order valence-electron chi connectivity index (χ3n) is 3.76. The summed E-state index contributed by atoms with van der Waals surface area (Å²) in [7, 11) is 0. The number of hydrogen-bond donors (Lipinski definition) is 0. The molecular formula is C21H20ClNO4. The Hall–Kier alpha value is -2.79. The second kappa shape index (κ2) is 8.73. The van der Waals surface area contributed by atoms with Crippen LogP contribution in [-0.4, -0.2) is 25.1 Å². The lowest BCUT2D eigenvalue weighted by molar-refractivity contribution is -0.129. The van der Waals surface area contributed by atoms with Crippen molar-refractivity contribution in [2.24, 2.45) is 4.99 Å². The van der Waals surface area contributed by atoms with Gasteiger partial charge in [0.1, 0.15) is 0 Å². The first-order chi connectivity index (χ1) is 13.1. The Bertz CT molecular complexity index is 905. The Labute approximate surface area is 163 Å². The third kappa shape index (κ3) is 4.49. The monoisotopic (exact) mass is 385 g/mol. The highest BCUT2D eigenvalue weighted by molar-refractivity contribution is 6.34. The first-order valence-electron chi connectivity index (χ1n) is 8.79. The molecule has 27 heavy (non-hydrogen) atoms. The number of ether oxygens (including phenoxy) is 3. The first-order valence-corrected chi connectivity index (χ1v) is 9.17. The zero-order valence-corrected chi connectivity index (χ0v) is 16.0. The summed E-state index contributed by atoms with van der Waals surface area (Å²) < 4.78 is 16.6. The molecule has 0 bridgehead atoms. The van der Waals surface area contributed by atoms with Crippen molar-refractivity contribution in [1.29, 1.82) is 0 Å². The second-order valence-electron chi connectivity index (χ2n) is 5.80. The number of carbonyl (C=O) groups excluding carboxylic acids is 1. The molecule has 0 spiro atoms. The number of hydrogen-bond acceptors (Lipinski definition) is 5. The molecule has 2 aromatic carbocycles. The number of halogens is 1. The number of nitrogens with zero attached hydrogens (tertiary/aromatic N) is 1. The summed E-state index contributed by atoms with van der Waals surface area (Å²) in [6.45, 7) is 5.07. The van der Waals surface area contributed by atoms with Crippen molar-refractivity contribution < 1.29 is 19.0 Å². The van der Waals surface area contributed by atoms with Crippen LogP contribution < -0.4 is 9.47 Å². The molecule has 0 saturated carbocycles. The van der Waals surface area contributed by atoms with Crippen LogP contribution in [-0.2, 0) is 9.53 Å². The summed E-state index contributed by atoms with van der Waals surface area (Å²) in [5.74, 6) is 0.982. The maximum atomic E-state index is 12.2. The van der Waals surface area contributed by atoms with E-state index >= 15 is 0 Å². The largest absolute Gasteiger partial charge is 0.490 e. The minimum atomic E-state index is -0.519. The number of carbonyl (C=O) groups is 1. The van der Waals surface area contributed by atoms with Crippen molar-refractivity contribution >= 4 is 29.5 Å². The molecule has 1 aliphatic heterocycles. The molecule has 0 unspecified atom stereocenters. The zero-order valence-electron chi connectivity index (χ0n) is 15.2. The van der Waals surface area contributed by atoms with Gasteiger partial charge in [0.15, 0.2) is 17.2 Å². The lowest BCUT2D eigenvalue weighted by Crippen LogP contribution is -2.05.